The Balaban J connectivity index is -0.000000144. The van der Waals surface area contributed by atoms with Crippen molar-refractivity contribution < 1.29 is 23.5 Å². The van der Waals surface area contributed by atoms with Crippen LogP contribution in [0.25, 0.3) is 0 Å². The van der Waals surface area contributed by atoms with Gasteiger partial charge in [-0.2, -0.15) is 0 Å². The first-order valence-corrected chi connectivity index (χ1v) is 18.5. The highest BCUT2D eigenvalue weighted by atomic mass is 127. The molecule has 0 bridgehead atoms. The fraction of sp³-hybridized carbons (Fsp3) is 0. The third-order valence-corrected chi connectivity index (χ3v) is 8.61. The Hall–Kier alpha value is 0.500. The van der Waals surface area contributed by atoms with Crippen LogP contribution in [-0.4, -0.2) is 0 Å². The van der Waals surface area contributed by atoms with E-state index in [1.807, 2.05) is 121 Å². The lowest BCUT2D eigenvalue weighted by Gasteiger charge is -1.87. The molecule has 0 heterocycles. The molecule has 0 spiro atoms. The van der Waals surface area contributed by atoms with Gasteiger partial charge in [-0.3, -0.25) is 23.5 Å². The van der Waals surface area contributed by atoms with Gasteiger partial charge >= 0.3 is 0 Å². The lowest BCUT2D eigenvalue weighted by molar-refractivity contribution is 1.11. The molecule has 0 unspecified atom stereocenters. The molecule has 0 amide bonds. The van der Waals surface area contributed by atoms with Crippen molar-refractivity contribution in [1.29, 1.82) is 0 Å². The second kappa shape index (κ2) is 33.0. The zero-order valence-electron chi connectivity index (χ0n) is 22.5. The van der Waals surface area contributed by atoms with Gasteiger partial charge in [0.15, 0.2) is 0 Å². The first-order valence-electron chi connectivity index (χ1n) is 11.1. The van der Waals surface area contributed by atoms with Gasteiger partial charge in [-0.15, -0.1) is 0 Å². The van der Waals surface area contributed by atoms with Crippen LogP contribution in [0.15, 0.2) is 146 Å². The van der Waals surface area contributed by atoms with Gasteiger partial charge in [0.25, 0.3) is 0 Å². The number of rotatable bonds is 0. The van der Waals surface area contributed by atoms with Gasteiger partial charge in [-0.25, -0.2) is 0 Å². The van der Waals surface area contributed by atoms with Crippen LogP contribution in [0.4, 0.5) is 23.5 Å². The summed E-state index contributed by atoms with van der Waals surface area (Å²) in [5.74, 6) is 0. The molecule has 5 aromatic rings. The first-order chi connectivity index (χ1) is 18.9. The molecule has 0 fully saturated rings. The average molecular weight is 1280 g/mol. The highest BCUT2D eigenvalue weighted by Crippen LogP contribution is 2.12. The van der Waals surface area contributed by atoms with E-state index in [0.717, 1.165) is 24.5 Å². The Morgan fingerprint density at radius 1 is 0.267 bits per heavy atom. The predicted molar refractivity (Wildman–Crippen MR) is 238 cm³/mol. The minimum absolute atomic E-state index is 0. The summed E-state index contributed by atoms with van der Waals surface area (Å²) in [7, 11) is 0. The normalized spacial score (nSPS) is 8.11. The minimum atomic E-state index is 0. The van der Waals surface area contributed by atoms with Gasteiger partial charge in [0.1, 0.15) is 0 Å². The molecule has 245 valence electrons. The second-order valence-corrected chi connectivity index (χ2v) is 15.9. The van der Waals surface area contributed by atoms with E-state index >= 15 is 0 Å². The van der Waals surface area contributed by atoms with Crippen molar-refractivity contribution in [3.05, 3.63) is 139 Å². The van der Waals surface area contributed by atoms with Crippen LogP contribution >= 0.6 is 176 Å². The van der Waals surface area contributed by atoms with Gasteiger partial charge < -0.3 is 0 Å². The summed E-state index contributed by atoms with van der Waals surface area (Å²) in [5, 5.41) is 0. The topological polar surface area (TPSA) is 0 Å². The molecular formula is C30H25F5I5S5. The maximum atomic E-state index is 4.89. The summed E-state index contributed by atoms with van der Waals surface area (Å²) < 4.78 is 6.02. The van der Waals surface area contributed by atoms with Crippen molar-refractivity contribution >= 4 is 176 Å². The van der Waals surface area contributed by atoms with Gasteiger partial charge in [0.05, 0.1) is 0 Å². The van der Waals surface area contributed by atoms with E-state index in [-0.39, 0.29) is 23.5 Å². The van der Waals surface area contributed by atoms with Crippen molar-refractivity contribution in [2.24, 2.45) is 0 Å². The molecule has 0 aliphatic rings. The van der Waals surface area contributed by atoms with E-state index < -0.39 is 0 Å². The summed E-state index contributed by atoms with van der Waals surface area (Å²) in [5.41, 5.74) is 0. The monoisotopic (exact) mass is 1270 g/mol. The highest BCUT2D eigenvalue weighted by molar-refractivity contribution is 14.1. The summed E-state index contributed by atoms with van der Waals surface area (Å²) in [6.07, 6.45) is 0. The third kappa shape index (κ3) is 31.5. The Labute approximate surface area is 357 Å². The average Bonchev–Trinajstić information content (AvgIpc) is 2.85. The van der Waals surface area contributed by atoms with E-state index in [0.29, 0.717) is 0 Å². The fourth-order valence-electron chi connectivity index (χ4n) is 2.34. The van der Waals surface area contributed by atoms with E-state index in [1.54, 1.807) is 0 Å². The third-order valence-electron chi connectivity index (χ3n) is 3.98. The van der Waals surface area contributed by atoms with Crippen LogP contribution in [0.3, 0.4) is 0 Å². The molecule has 0 aliphatic heterocycles. The van der Waals surface area contributed by atoms with Gasteiger partial charge in [-0.1, -0.05) is 93.5 Å². The number of hydrogen-bond donors (Lipinski definition) is 0. The molecule has 45 heavy (non-hydrogen) atoms. The van der Waals surface area contributed by atoms with Crippen LogP contribution < -0.4 is 0 Å². The van der Waals surface area contributed by atoms with Gasteiger partial charge in [0.2, 0.25) is 0 Å². The van der Waals surface area contributed by atoms with Crippen LogP contribution in [-0.2, 0) is 0 Å². The molecule has 0 aliphatic carbocycles. The van der Waals surface area contributed by atoms with Crippen LogP contribution in [0.2, 0.25) is 0 Å². The summed E-state index contributed by atoms with van der Waals surface area (Å²) in [6, 6.07) is 39.3. The lowest BCUT2D eigenvalue weighted by atomic mass is 10.4. The number of benzene rings is 5. The Morgan fingerprint density at radius 3 is 0.467 bits per heavy atom. The molecular weight excluding hydrogens is 1250 g/mol. The summed E-state index contributed by atoms with van der Waals surface area (Å²) >= 11 is 35.7. The number of halogens is 10. The molecule has 0 saturated heterocycles. The Morgan fingerprint density at radius 2 is 0.400 bits per heavy atom. The SMILES string of the molecule is F.F.F.F.F.[S]c1cccc(I)c1.[S]c1cccc(I)c1.[S]c1cccc(I)c1.[S]c1cccc(I)c1.[S]c1cccc(I)c1. The summed E-state index contributed by atoms with van der Waals surface area (Å²) in [4.78, 5) is 4.57. The van der Waals surface area contributed by atoms with E-state index in [2.05, 4.69) is 113 Å². The van der Waals surface area contributed by atoms with Crippen molar-refractivity contribution in [1.82, 2.24) is 0 Å². The quantitative estimate of drug-likeness (QED) is 0.107. The molecule has 5 rings (SSSR count). The molecule has 0 nitrogen and oxygen atoms in total. The zero-order chi connectivity index (χ0) is 29.9. The minimum Gasteiger partial charge on any atom is -0.269 e. The maximum absolute atomic E-state index is 4.89. The van der Waals surface area contributed by atoms with Crippen molar-refractivity contribution in [2.45, 2.75) is 24.5 Å². The van der Waals surface area contributed by atoms with Crippen molar-refractivity contribution in [2.75, 3.05) is 0 Å². The number of hydrogen-bond acceptors (Lipinski definition) is 0. The molecule has 0 aromatic heterocycles. The van der Waals surface area contributed by atoms with Gasteiger partial charge in [-0.05, 0) is 204 Å². The molecule has 15 heteroatoms. The fourth-order valence-corrected chi connectivity index (χ4v) is 7.13. The first kappa shape index (κ1) is 54.9. The van der Waals surface area contributed by atoms with Crippen molar-refractivity contribution in [3.8, 4) is 0 Å². The zero-order valence-corrected chi connectivity index (χ0v) is 37.4. The lowest BCUT2D eigenvalue weighted by Crippen LogP contribution is -1.66. The van der Waals surface area contributed by atoms with E-state index in [4.69, 9.17) is 63.1 Å². The van der Waals surface area contributed by atoms with Crippen molar-refractivity contribution in [3.63, 3.8) is 0 Å². The predicted octanol–water partition coefficient (Wildman–Crippen LogP) is 15.0. The van der Waals surface area contributed by atoms with E-state index in [1.165, 1.54) is 17.9 Å². The van der Waals surface area contributed by atoms with Gasteiger partial charge in [0, 0.05) is 42.3 Å². The van der Waals surface area contributed by atoms with Crippen LogP contribution in [0, 0.1) is 17.9 Å². The molecule has 5 radical (unpaired) electrons. The maximum Gasteiger partial charge on any atom is 0.0387 e. The van der Waals surface area contributed by atoms with Crippen LogP contribution in [0.1, 0.15) is 0 Å². The Bertz CT molecular complexity index is 1120. The molecule has 0 saturated carbocycles. The Kier molecular flexibility index (Phi) is 40.3. The largest absolute Gasteiger partial charge is 0.269 e. The molecule has 0 N–H and O–H groups in total. The highest BCUT2D eigenvalue weighted by Gasteiger charge is 1.87. The molecule has 5 aromatic carbocycles. The standard InChI is InChI=1S/5C6H4IS.5FH/c5*7-5-2-1-3-6(8)4-5;;;;;/h5*1-4H;5*1H. The smallest absolute Gasteiger partial charge is 0.0387 e. The van der Waals surface area contributed by atoms with Crippen LogP contribution in [0.5, 0.6) is 0 Å². The second-order valence-electron chi connectivity index (χ2n) is 7.29. The van der Waals surface area contributed by atoms with E-state index in [9.17, 15) is 0 Å². The summed E-state index contributed by atoms with van der Waals surface area (Å²) in [6.45, 7) is 0. The molecule has 0 atom stereocenters.